The van der Waals surface area contributed by atoms with Gasteiger partial charge in [0.25, 0.3) is 0 Å². The fourth-order valence-corrected chi connectivity index (χ4v) is 4.47. The molecule has 2 saturated heterocycles. The predicted molar refractivity (Wildman–Crippen MR) is 125 cm³/mol. The second-order valence-corrected chi connectivity index (χ2v) is 8.40. The van der Waals surface area contributed by atoms with E-state index in [1.165, 1.54) is 26.9 Å². The maximum atomic E-state index is 13.3. The zero-order valence-corrected chi connectivity index (χ0v) is 18.9. The molecular weight excluding hydrogens is 434 g/mol. The SMILES string of the molecule is C#CCN1C[C@H]2N(C(=O)CN(C)N2C(=O)NCc2ccccc2)[C@@H](Cc2ccc(O)cc2)C1=O. The average molecular weight is 462 g/mol. The van der Waals surface area contributed by atoms with Crippen LogP contribution in [0.15, 0.2) is 54.6 Å². The highest BCUT2D eigenvalue weighted by molar-refractivity contribution is 5.91. The lowest BCUT2D eigenvalue weighted by Gasteiger charge is -2.54. The van der Waals surface area contributed by atoms with Gasteiger partial charge in [0.1, 0.15) is 18.0 Å². The van der Waals surface area contributed by atoms with E-state index in [2.05, 4.69) is 11.2 Å². The minimum absolute atomic E-state index is 0.0379. The molecule has 0 aromatic heterocycles. The summed E-state index contributed by atoms with van der Waals surface area (Å²) in [7, 11) is 1.67. The number of nitrogens with one attached hydrogen (secondary N) is 1. The summed E-state index contributed by atoms with van der Waals surface area (Å²) in [4.78, 5) is 42.7. The van der Waals surface area contributed by atoms with Crippen molar-refractivity contribution in [3.05, 3.63) is 65.7 Å². The highest BCUT2D eigenvalue weighted by Crippen LogP contribution is 2.28. The summed E-state index contributed by atoms with van der Waals surface area (Å²) in [5, 5.41) is 15.6. The molecule has 2 atom stereocenters. The van der Waals surface area contributed by atoms with Crippen molar-refractivity contribution in [2.24, 2.45) is 0 Å². The molecule has 0 aliphatic carbocycles. The zero-order valence-electron chi connectivity index (χ0n) is 18.9. The van der Waals surface area contributed by atoms with Crippen molar-refractivity contribution in [2.45, 2.75) is 25.2 Å². The third-order valence-electron chi connectivity index (χ3n) is 6.08. The Morgan fingerprint density at radius 2 is 1.82 bits per heavy atom. The van der Waals surface area contributed by atoms with E-state index in [9.17, 15) is 19.5 Å². The van der Waals surface area contributed by atoms with Crippen molar-refractivity contribution in [3.8, 4) is 18.1 Å². The van der Waals surface area contributed by atoms with Crippen LogP contribution in [0.5, 0.6) is 5.75 Å². The largest absolute Gasteiger partial charge is 0.508 e. The number of urea groups is 1. The normalized spacial score (nSPS) is 20.6. The van der Waals surface area contributed by atoms with Crippen LogP contribution in [0.1, 0.15) is 11.1 Å². The molecule has 176 valence electrons. The van der Waals surface area contributed by atoms with Gasteiger partial charge < -0.3 is 20.2 Å². The third-order valence-corrected chi connectivity index (χ3v) is 6.08. The topological polar surface area (TPSA) is 96.4 Å². The minimum Gasteiger partial charge on any atom is -0.508 e. The molecule has 34 heavy (non-hydrogen) atoms. The summed E-state index contributed by atoms with van der Waals surface area (Å²) in [6.07, 6.45) is 5.05. The predicted octanol–water partition coefficient (Wildman–Crippen LogP) is 1.01. The molecule has 2 aliphatic heterocycles. The number of fused-ring (bicyclic) bond motifs is 1. The second-order valence-electron chi connectivity index (χ2n) is 8.40. The summed E-state index contributed by atoms with van der Waals surface area (Å²) in [5.41, 5.74) is 1.73. The van der Waals surface area contributed by atoms with Crippen LogP contribution >= 0.6 is 0 Å². The molecule has 0 saturated carbocycles. The summed E-state index contributed by atoms with van der Waals surface area (Å²) in [6.45, 7) is 0.481. The molecule has 2 aliphatic rings. The van der Waals surface area contributed by atoms with E-state index < -0.39 is 12.2 Å². The van der Waals surface area contributed by atoms with Crippen molar-refractivity contribution in [1.82, 2.24) is 25.1 Å². The molecule has 2 heterocycles. The van der Waals surface area contributed by atoms with Crippen molar-refractivity contribution in [2.75, 3.05) is 26.7 Å². The van der Waals surface area contributed by atoms with Crippen molar-refractivity contribution in [1.29, 1.82) is 0 Å². The van der Waals surface area contributed by atoms with Crippen LogP contribution in [0.25, 0.3) is 0 Å². The molecule has 0 spiro atoms. The van der Waals surface area contributed by atoms with E-state index in [1.54, 1.807) is 24.2 Å². The van der Waals surface area contributed by atoms with Crippen LogP contribution in [0.2, 0.25) is 0 Å². The first-order valence-electron chi connectivity index (χ1n) is 11.0. The Morgan fingerprint density at radius 3 is 2.50 bits per heavy atom. The number of aromatic hydroxyl groups is 1. The Hall–Kier alpha value is -4.03. The lowest BCUT2D eigenvalue weighted by atomic mass is 9.99. The molecular formula is C25H27N5O4. The fraction of sp³-hybridized carbons (Fsp3) is 0.320. The summed E-state index contributed by atoms with van der Waals surface area (Å²) in [5.74, 6) is 2.12. The van der Waals surface area contributed by atoms with Crippen LogP contribution in [0.4, 0.5) is 4.79 Å². The number of benzene rings is 2. The Morgan fingerprint density at radius 1 is 1.12 bits per heavy atom. The maximum Gasteiger partial charge on any atom is 0.334 e. The van der Waals surface area contributed by atoms with Crippen LogP contribution in [0, 0.1) is 12.3 Å². The van der Waals surface area contributed by atoms with E-state index >= 15 is 0 Å². The highest BCUT2D eigenvalue weighted by atomic mass is 16.3. The minimum atomic E-state index is -0.817. The average Bonchev–Trinajstić information content (AvgIpc) is 2.82. The quantitative estimate of drug-likeness (QED) is 0.648. The molecule has 9 heteroatoms. The van der Waals surface area contributed by atoms with Crippen molar-refractivity contribution in [3.63, 3.8) is 0 Å². The number of carbonyl (C=O) groups excluding carboxylic acids is 3. The van der Waals surface area contributed by atoms with Gasteiger partial charge in [0.05, 0.1) is 19.6 Å². The molecule has 2 aromatic carbocycles. The first kappa shape index (κ1) is 23.1. The molecule has 2 fully saturated rings. The number of piperazine rings is 1. The first-order valence-corrected chi connectivity index (χ1v) is 11.0. The van der Waals surface area contributed by atoms with E-state index in [-0.39, 0.29) is 49.7 Å². The van der Waals surface area contributed by atoms with Gasteiger partial charge in [-0.25, -0.2) is 14.8 Å². The van der Waals surface area contributed by atoms with E-state index in [1.807, 2.05) is 30.3 Å². The number of terminal acetylenes is 1. The Labute approximate surface area is 198 Å². The molecule has 2 aromatic rings. The Balaban J connectivity index is 1.61. The molecule has 4 amide bonds. The smallest absolute Gasteiger partial charge is 0.334 e. The molecule has 0 bridgehead atoms. The monoisotopic (exact) mass is 461 g/mol. The van der Waals surface area contributed by atoms with E-state index in [0.29, 0.717) is 6.54 Å². The van der Waals surface area contributed by atoms with Gasteiger partial charge >= 0.3 is 6.03 Å². The van der Waals surface area contributed by atoms with Crippen LogP contribution in [-0.2, 0) is 22.6 Å². The number of likely N-dealkylation sites (N-methyl/N-ethyl adjacent to an activating group) is 1. The van der Waals surface area contributed by atoms with Gasteiger partial charge in [0.2, 0.25) is 11.8 Å². The van der Waals surface area contributed by atoms with Gasteiger partial charge in [-0.15, -0.1) is 6.42 Å². The molecule has 2 N–H and O–H groups in total. The third kappa shape index (κ3) is 4.67. The van der Waals surface area contributed by atoms with Gasteiger partial charge in [-0.2, -0.15) is 0 Å². The number of amides is 4. The summed E-state index contributed by atoms with van der Waals surface area (Å²) < 4.78 is 0. The fourth-order valence-electron chi connectivity index (χ4n) is 4.47. The van der Waals surface area contributed by atoms with Crippen LogP contribution in [0.3, 0.4) is 0 Å². The van der Waals surface area contributed by atoms with E-state index in [0.717, 1.165) is 11.1 Å². The molecule has 9 nitrogen and oxygen atoms in total. The van der Waals surface area contributed by atoms with Crippen LogP contribution < -0.4 is 5.32 Å². The molecule has 4 rings (SSSR count). The number of hydrogen-bond acceptors (Lipinski definition) is 5. The lowest BCUT2D eigenvalue weighted by molar-refractivity contribution is -0.186. The molecule has 0 radical (unpaired) electrons. The van der Waals surface area contributed by atoms with Crippen LogP contribution in [-0.4, -0.2) is 81.7 Å². The summed E-state index contributed by atoms with van der Waals surface area (Å²) >= 11 is 0. The van der Waals surface area contributed by atoms with Crippen molar-refractivity contribution >= 4 is 17.8 Å². The van der Waals surface area contributed by atoms with E-state index in [4.69, 9.17) is 6.42 Å². The number of hydrogen-bond donors (Lipinski definition) is 2. The van der Waals surface area contributed by atoms with Gasteiger partial charge in [0, 0.05) is 20.0 Å². The number of rotatable bonds is 5. The summed E-state index contributed by atoms with van der Waals surface area (Å²) in [6, 6.07) is 14.8. The van der Waals surface area contributed by atoms with Gasteiger partial charge in [-0.1, -0.05) is 48.4 Å². The zero-order chi connectivity index (χ0) is 24.2. The van der Waals surface area contributed by atoms with Crippen molar-refractivity contribution < 1.29 is 19.5 Å². The second kappa shape index (κ2) is 9.85. The van der Waals surface area contributed by atoms with Gasteiger partial charge in [0.15, 0.2) is 0 Å². The Kier molecular flexibility index (Phi) is 6.70. The number of phenols is 1. The highest BCUT2D eigenvalue weighted by Gasteiger charge is 2.50. The number of hydrazine groups is 1. The lowest BCUT2D eigenvalue weighted by Crippen LogP contribution is -2.76. The maximum absolute atomic E-state index is 13.3. The van der Waals surface area contributed by atoms with Gasteiger partial charge in [-0.3, -0.25) is 9.59 Å². The first-order chi connectivity index (χ1) is 16.4. The number of nitrogens with zero attached hydrogens (tertiary/aromatic N) is 4. The number of carbonyl (C=O) groups is 3. The number of phenolic OH excluding ortho intramolecular Hbond substituents is 1. The Bertz CT molecular complexity index is 1100. The molecule has 0 unspecified atom stereocenters. The van der Waals surface area contributed by atoms with Gasteiger partial charge in [-0.05, 0) is 23.3 Å². The standard InChI is InChI=1S/C25H27N5O4/c1-3-13-28-16-22-29(21(24(28)33)14-18-9-11-20(31)12-10-18)23(32)17-27(2)30(22)25(34)26-15-19-7-5-4-6-8-19/h1,4-12,21-22,31H,13-17H2,2H3,(H,26,34)/t21-,22-/m0/s1.